The van der Waals surface area contributed by atoms with Crippen LogP contribution in [0.1, 0.15) is 0 Å². The molecule has 0 unspecified atom stereocenters. The van der Waals surface area contributed by atoms with E-state index in [4.69, 9.17) is 0 Å². The molecule has 2 aromatic heterocycles. The molecule has 0 atom stereocenters. The fourth-order valence-corrected chi connectivity index (χ4v) is 4.44. The minimum atomic E-state index is -3.24. The summed E-state index contributed by atoms with van der Waals surface area (Å²) < 4.78 is 37.6. The Bertz CT molecular complexity index is 1620. The molecular formula is C27H20FN3O2S. The van der Waals surface area contributed by atoms with E-state index < -0.39 is 9.84 Å². The third-order valence-corrected chi connectivity index (χ3v) is 6.68. The Labute approximate surface area is 196 Å². The van der Waals surface area contributed by atoms with Crippen molar-refractivity contribution in [2.45, 2.75) is 4.90 Å². The first-order chi connectivity index (χ1) is 16.4. The Hall–Kier alpha value is -4.10. The molecule has 7 heteroatoms. The SMILES string of the molecule is CS(=O)(=O)c1ccc(-c2ccc3c(Nc4ccnc(-c5ccccc5F)c4)ccnc3c2)cc1. The van der Waals surface area contributed by atoms with Gasteiger partial charge in [0.15, 0.2) is 9.84 Å². The maximum atomic E-state index is 14.2. The van der Waals surface area contributed by atoms with Crippen molar-refractivity contribution < 1.29 is 12.8 Å². The Kier molecular flexibility index (Phi) is 5.55. The summed E-state index contributed by atoms with van der Waals surface area (Å²) in [4.78, 5) is 9.10. The van der Waals surface area contributed by atoms with Gasteiger partial charge in [0.25, 0.3) is 0 Å². The van der Waals surface area contributed by atoms with Crippen molar-refractivity contribution >= 4 is 32.1 Å². The van der Waals surface area contributed by atoms with Gasteiger partial charge in [0.2, 0.25) is 0 Å². The molecule has 0 amide bonds. The number of anilines is 2. The van der Waals surface area contributed by atoms with Crippen molar-refractivity contribution in [2.24, 2.45) is 0 Å². The van der Waals surface area contributed by atoms with E-state index in [9.17, 15) is 12.8 Å². The molecule has 0 aliphatic rings. The molecule has 0 fully saturated rings. The van der Waals surface area contributed by atoms with Crippen LogP contribution in [0.25, 0.3) is 33.3 Å². The number of halogens is 1. The highest BCUT2D eigenvalue weighted by Gasteiger charge is 2.10. The van der Waals surface area contributed by atoms with E-state index in [0.717, 1.165) is 33.4 Å². The number of nitrogens with one attached hydrogen (secondary N) is 1. The number of nitrogens with zero attached hydrogens (tertiary/aromatic N) is 2. The van der Waals surface area contributed by atoms with Gasteiger partial charge in [-0.15, -0.1) is 0 Å². The Morgan fingerprint density at radius 3 is 2.29 bits per heavy atom. The highest BCUT2D eigenvalue weighted by atomic mass is 32.2. The van der Waals surface area contributed by atoms with Gasteiger partial charge in [0, 0.05) is 41.0 Å². The van der Waals surface area contributed by atoms with E-state index in [-0.39, 0.29) is 10.7 Å². The molecule has 0 bridgehead atoms. The number of aromatic nitrogens is 2. The first-order valence-corrected chi connectivity index (χ1v) is 12.4. The zero-order valence-electron chi connectivity index (χ0n) is 18.2. The van der Waals surface area contributed by atoms with Gasteiger partial charge in [-0.2, -0.15) is 0 Å². The van der Waals surface area contributed by atoms with Crippen LogP contribution in [-0.4, -0.2) is 24.6 Å². The summed E-state index contributed by atoms with van der Waals surface area (Å²) in [6.07, 6.45) is 4.56. The van der Waals surface area contributed by atoms with Crippen LogP contribution in [0.2, 0.25) is 0 Å². The van der Waals surface area contributed by atoms with Gasteiger partial charge in [-0.3, -0.25) is 9.97 Å². The predicted molar refractivity (Wildman–Crippen MR) is 133 cm³/mol. The number of rotatable bonds is 5. The smallest absolute Gasteiger partial charge is 0.175 e. The first kappa shape index (κ1) is 21.7. The molecule has 5 nitrogen and oxygen atoms in total. The lowest BCUT2D eigenvalue weighted by molar-refractivity contribution is 0.602. The minimum absolute atomic E-state index is 0.286. The number of hydrogen-bond acceptors (Lipinski definition) is 5. The van der Waals surface area contributed by atoms with Gasteiger partial charge in [-0.25, -0.2) is 12.8 Å². The van der Waals surface area contributed by atoms with Crippen molar-refractivity contribution in [3.63, 3.8) is 0 Å². The van der Waals surface area contributed by atoms with Crippen LogP contribution >= 0.6 is 0 Å². The average Bonchev–Trinajstić information content (AvgIpc) is 2.84. The summed E-state index contributed by atoms with van der Waals surface area (Å²) in [7, 11) is -3.24. The topological polar surface area (TPSA) is 72.0 Å². The third-order valence-electron chi connectivity index (χ3n) is 5.55. The lowest BCUT2D eigenvalue weighted by atomic mass is 10.0. The van der Waals surface area contributed by atoms with Gasteiger partial charge in [-0.05, 0) is 59.7 Å². The lowest BCUT2D eigenvalue weighted by Crippen LogP contribution is -1.96. The molecule has 0 spiro atoms. The standard InChI is InChI=1S/C27H20FN3O2S/c1-34(32,33)21-9-6-18(7-10-21)19-8-11-23-25(13-15-30-26(23)16-19)31-20-12-14-29-27(17-20)22-4-2-3-5-24(22)28/h2-17H,1H3,(H,29,30,31). The van der Waals surface area contributed by atoms with Gasteiger partial charge >= 0.3 is 0 Å². The molecule has 0 radical (unpaired) electrons. The Balaban J connectivity index is 1.47. The van der Waals surface area contributed by atoms with Crippen LogP contribution in [-0.2, 0) is 9.84 Å². The zero-order chi connectivity index (χ0) is 23.7. The molecule has 0 aliphatic carbocycles. The second-order valence-electron chi connectivity index (χ2n) is 7.92. The highest BCUT2D eigenvalue weighted by molar-refractivity contribution is 7.90. The van der Waals surface area contributed by atoms with Crippen molar-refractivity contribution in [3.8, 4) is 22.4 Å². The second-order valence-corrected chi connectivity index (χ2v) is 9.94. The quantitative estimate of drug-likeness (QED) is 0.329. The zero-order valence-corrected chi connectivity index (χ0v) is 19.1. The fourth-order valence-electron chi connectivity index (χ4n) is 3.81. The van der Waals surface area contributed by atoms with Gasteiger partial charge in [0.1, 0.15) is 5.82 Å². The molecule has 5 aromatic rings. The van der Waals surface area contributed by atoms with E-state index in [2.05, 4.69) is 15.3 Å². The lowest BCUT2D eigenvalue weighted by Gasteiger charge is -2.12. The van der Waals surface area contributed by atoms with E-state index >= 15 is 0 Å². The van der Waals surface area contributed by atoms with Crippen molar-refractivity contribution in [1.82, 2.24) is 9.97 Å². The molecule has 34 heavy (non-hydrogen) atoms. The van der Waals surface area contributed by atoms with Gasteiger partial charge in [-0.1, -0.05) is 36.4 Å². The molecule has 0 aliphatic heterocycles. The van der Waals surface area contributed by atoms with Gasteiger partial charge in [0.05, 0.1) is 16.1 Å². The molecule has 2 heterocycles. The molecule has 0 saturated carbocycles. The van der Waals surface area contributed by atoms with E-state index in [1.54, 1.807) is 54.9 Å². The second kappa shape index (κ2) is 8.68. The van der Waals surface area contributed by atoms with Crippen LogP contribution in [0, 0.1) is 5.82 Å². The maximum Gasteiger partial charge on any atom is 0.175 e. The number of hydrogen-bond donors (Lipinski definition) is 1. The molecule has 3 aromatic carbocycles. The molecule has 5 rings (SSSR count). The molecule has 168 valence electrons. The summed E-state index contributed by atoms with van der Waals surface area (Å²) in [5, 5.41) is 4.31. The van der Waals surface area contributed by atoms with Crippen LogP contribution < -0.4 is 5.32 Å². The van der Waals surface area contributed by atoms with E-state index in [1.165, 1.54) is 12.3 Å². The number of benzene rings is 3. The van der Waals surface area contributed by atoms with Crippen LogP contribution in [0.5, 0.6) is 0 Å². The molecular weight excluding hydrogens is 449 g/mol. The summed E-state index contributed by atoms with van der Waals surface area (Å²) in [5.74, 6) is -0.321. The Morgan fingerprint density at radius 1 is 0.794 bits per heavy atom. The van der Waals surface area contributed by atoms with Gasteiger partial charge < -0.3 is 5.32 Å². The van der Waals surface area contributed by atoms with Crippen molar-refractivity contribution in [1.29, 1.82) is 0 Å². The van der Waals surface area contributed by atoms with Crippen molar-refractivity contribution in [3.05, 3.63) is 103 Å². The fraction of sp³-hybridized carbons (Fsp3) is 0.0370. The number of fused-ring (bicyclic) bond motifs is 1. The largest absolute Gasteiger partial charge is 0.355 e. The van der Waals surface area contributed by atoms with E-state index in [1.807, 2.05) is 36.4 Å². The maximum absolute atomic E-state index is 14.2. The van der Waals surface area contributed by atoms with Crippen LogP contribution in [0.15, 0.2) is 102 Å². The molecule has 0 saturated heterocycles. The molecule has 1 N–H and O–H groups in total. The van der Waals surface area contributed by atoms with Crippen LogP contribution in [0.4, 0.5) is 15.8 Å². The highest BCUT2D eigenvalue weighted by Crippen LogP contribution is 2.31. The predicted octanol–water partition coefficient (Wildman–Crippen LogP) is 6.25. The summed E-state index contributed by atoms with van der Waals surface area (Å²) in [5.41, 5.74) is 5.24. The normalized spacial score (nSPS) is 11.5. The van der Waals surface area contributed by atoms with E-state index in [0.29, 0.717) is 11.3 Å². The Morgan fingerprint density at radius 2 is 1.53 bits per heavy atom. The monoisotopic (exact) mass is 469 g/mol. The number of sulfone groups is 1. The summed E-state index contributed by atoms with van der Waals surface area (Å²) in [6, 6.07) is 24.8. The third kappa shape index (κ3) is 4.38. The van der Waals surface area contributed by atoms with Crippen molar-refractivity contribution in [2.75, 3.05) is 11.6 Å². The number of pyridine rings is 2. The summed E-state index contributed by atoms with van der Waals surface area (Å²) >= 11 is 0. The first-order valence-electron chi connectivity index (χ1n) is 10.6. The minimum Gasteiger partial charge on any atom is -0.355 e. The van der Waals surface area contributed by atoms with Crippen LogP contribution in [0.3, 0.4) is 0 Å². The summed E-state index contributed by atoms with van der Waals surface area (Å²) in [6.45, 7) is 0. The average molecular weight is 470 g/mol.